The van der Waals surface area contributed by atoms with Crippen molar-refractivity contribution < 1.29 is 0 Å². The third-order valence-electron chi connectivity index (χ3n) is 7.09. The summed E-state index contributed by atoms with van der Waals surface area (Å²) in [6.45, 7) is 0. The lowest BCUT2D eigenvalue weighted by atomic mass is 9.62. The SMILES string of the molecule is ICC[C@]12[C@@H]3[C@H](I)[C@@H]4[C@H]5C[C@H]([C@@H]([C@H]53)[C@H]1I)[C@@H]42. The Kier molecular flexibility index (Phi) is 2.11. The number of alkyl halides is 3. The molecule has 10 atom stereocenters. The normalized spacial score (nSPS) is 76.3. The lowest BCUT2D eigenvalue weighted by Crippen LogP contribution is -2.40. The van der Waals surface area contributed by atoms with Crippen LogP contribution in [0.5, 0.6) is 0 Å². The number of rotatable bonds is 2. The van der Waals surface area contributed by atoms with E-state index >= 15 is 0 Å². The number of hydrogen-bond acceptors (Lipinski definition) is 0. The molecule has 0 unspecified atom stereocenters. The van der Waals surface area contributed by atoms with Crippen LogP contribution < -0.4 is 0 Å². The molecule has 6 bridgehead atoms. The van der Waals surface area contributed by atoms with Gasteiger partial charge in [0.15, 0.2) is 0 Å². The molecular weight excluding hydrogens is 537 g/mol. The highest BCUT2D eigenvalue weighted by Crippen LogP contribution is 2.89. The molecule has 3 heteroatoms. The van der Waals surface area contributed by atoms with Gasteiger partial charge in [0.05, 0.1) is 0 Å². The molecule has 6 aliphatic rings. The zero-order valence-electron chi connectivity index (χ0n) is 8.95. The Balaban J connectivity index is 1.76. The Morgan fingerprint density at radius 2 is 1.81 bits per heavy atom. The molecule has 0 aromatic carbocycles. The summed E-state index contributed by atoms with van der Waals surface area (Å²) in [5, 5.41) is 0. The van der Waals surface area contributed by atoms with Crippen LogP contribution in [0.2, 0.25) is 0 Å². The molecule has 6 rings (SSSR count). The summed E-state index contributed by atoms with van der Waals surface area (Å²) in [6, 6.07) is 0. The van der Waals surface area contributed by atoms with E-state index in [9.17, 15) is 0 Å². The first-order valence-corrected chi connectivity index (χ1v) is 10.6. The van der Waals surface area contributed by atoms with Crippen molar-refractivity contribution in [2.24, 2.45) is 46.8 Å². The van der Waals surface area contributed by atoms with E-state index in [2.05, 4.69) is 67.8 Å². The Morgan fingerprint density at radius 1 is 1.00 bits per heavy atom. The van der Waals surface area contributed by atoms with Gasteiger partial charge in [0.25, 0.3) is 0 Å². The van der Waals surface area contributed by atoms with E-state index < -0.39 is 0 Å². The van der Waals surface area contributed by atoms with Gasteiger partial charge in [-0.15, -0.1) is 0 Å². The summed E-state index contributed by atoms with van der Waals surface area (Å²) < 4.78 is 3.52. The second kappa shape index (κ2) is 3.09. The largest absolute Gasteiger partial charge is 0.0864 e. The molecule has 0 N–H and O–H groups in total. The third kappa shape index (κ3) is 0.803. The fourth-order valence-electron chi connectivity index (χ4n) is 7.35. The van der Waals surface area contributed by atoms with Crippen LogP contribution in [-0.4, -0.2) is 12.3 Å². The Hall–Kier alpha value is 2.19. The van der Waals surface area contributed by atoms with Crippen molar-refractivity contribution in [1.82, 2.24) is 0 Å². The van der Waals surface area contributed by atoms with E-state index in [4.69, 9.17) is 0 Å². The van der Waals surface area contributed by atoms with E-state index in [1.165, 1.54) is 39.9 Å². The van der Waals surface area contributed by atoms with Crippen LogP contribution in [0.25, 0.3) is 0 Å². The molecule has 0 saturated heterocycles. The second-order valence-corrected chi connectivity index (χ2v) is 10.6. The molecule has 16 heavy (non-hydrogen) atoms. The van der Waals surface area contributed by atoms with Gasteiger partial charge in [0, 0.05) is 12.3 Å². The molecule has 0 radical (unpaired) electrons. The number of halogens is 3. The van der Waals surface area contributed by atoms with Crippen LogP contribution in [0.4, 0.5) is 0 Å². The van der Waals surface area contributed by atoms with Crippen LogP contribution in [0, 0.1) is 46.8 Å². The summed E-state index contributed by atoms with van der Waals surface area (Å²) >= 11 is 8.37. The first-order valence-electron chi connectivity index (χ1n) is 6.57. The maximum atomic E-state index is 2.88. The summed E-state index contributed by atoms with van der Waals surface area (Å²) in [7, 11) is 0. The standard InChI is InChI=1S/C13H15I3/c14-2-1-13-9-5-3-4-6(7(5)12(13)16)10(13)11(15)8(4)9/h4-12H,1-3H2/t4-,5+,6-,7-,8+,9-,10-,11+,12+,13-/m0/s1. The molecule has 0 spiro atoms. The molecule has 0 amide bonds. The van der Waals surface area contributed by atoms with Crippen molar-refractivity contribution in [3.63, 3.8) is 0 Å². The van der Waals surface area contributed by atoms with Crippen molar-refractivity contribution in [2.45, 2.75) is 20.7 Å². The lowest BCUT2D eigenvalue weighted by Gasteiger charge is -2.42. The molecule has 0 aliphatic heterocycles. The van der Waals surface area contributed by atoms with Crippen LogP contribution in [0.3, 0.4) is 0 Å². The van der Waals surface area contributed by atoms with Gasteiger partial charge < -0.3 is 0 Å². The molecule has 0 nitrogen and oxygen atoms in total. The highest BCUT2D eigenvalue weighted by Gasteiger charge is 2.87. The van der Waals surface area contributed by atoms with Crippen LogP contribution >= 0.6 is 67.8 Å². The minimum Gasteiger partial charge on any atom is -0.0864 e. The molecule has 0 aromatic heterocycles. The van der Waals surface area contributed by atoms with Gasteiger partial charge in [-0.05, 0) is 59.7 Å². The van der Waals surface area contributed by atoms with Crippen molar-refractivity contribution in [3.05, 3.63) is 0 Å². The Labute approximate surface area is 138 Å². The minimum atomic E-state index is 0.825. The minimum absolute atomic E-state index is 0.825. The van der Waals surface area contributed by atoms with Gasteiger partial charge in [-0.3, -0.25) is 0 Å². The topological polar surface area (TPSA) is 0 Å². The zero-order chi connectivity index (χ0) is 10.8. The molecule has 0 aromatic rings. The molecule has 0 heterocycles. The zero-order valence-corrected chi connectivity index (χ0v) is 15.4. The van der Waals surface area contributed by atoms with Gasteiger partial charge >= 0.3 is 0 Å². The van der Waals surface area contributed by atoms with Gasteiger partial charge in [-0.25, -0.2) is 0 Å². The average molecular weight is 552 g/mol. The van der Waals surface area contributed by atoms with E-state index in [0.29, 0.717) is 0 Å². The van der Waals surface area contributed by atoms with Crippen molar-refractivity contribution >= 4 is 67.8 Å². The van der Waals surface area contributed by atoms with E-state index in [1.807, 2.05) is 0 Å². The highest BCUT2D eigenvalue weighted by atomic mass is 127. The summed E-state index contributed by atoms with van der Waals surface area (Å²) in [5.74, 6) is 8.21. The first-order chi connectivity index (χ1) is 7.73. The van der Waals surface area contributed by atoms with E-state index in [1.54, 1.807) is 12.8 Å². The Bertz CT molecular complexity index is 379. The second-order valence-electron chi connectivity index (χ2n) is 6.74. The van der Waals surface area contributed by atoms with Crippen molar-refractivity contribution in [2.75, 3.05) is 4.43 Å². The summed E-state index contributed by atoms with van der Waals surface area (Å²) in [5.41, 5.74) is 0.825. The fraction of sp³-hybridized carbons (Fsp3) is 1.00. The lowest BCUT2D eigenvalue weighted by molar-refractivity contribution is 0.0549. The Morgan fingerprint density at radius 3 is 2.56 bits per heavy atom. The fourth-order valence-corrected chi connectivity index (χ4v) is 12.6. The monoisotopic (exact) mass is 552 g/mol. The van der Waals surface area contributed by atoms with E-state index in [-0.39, 0.29) is 0 Å². The van der Waals surface area contributed by atoms with E-state index in [0.717, 1.165) is 19.2 Å². The maximum absolute atomic E-state index is 2.88. The van der Waals surface area contributed by atoms with Crippen molar-refractivity contribution in [3.8, 4) is 0 Å². The molecule has 6 fully saturated rings. The van der Waals surface area contributed by atoms with Crippen LogP contribution in [0.15, 0.2) is 0 Å². The summed E-state index contributed by atoms with van der Waals surface area (Å²) in [4.78, 5) is 0. The highest BCUT2D eigenvalue weighted by molar-refractivity contribution is 14.1. The van der Waals surface area contributed by atoms with Gasteiger partial charge in [-0.2, -0.15) is 0 Å². The van der Waals surface area contributed by atoms with Crippen LogP contribution in [0.1, 0.15) is 12.8 Å². The average Bonchev–Trinajstić information content (AvgIpc) is 2.95. The summed E-state index contributed by atoms with van der Waals surface area (Å²) in [6.07, 6.45) is 3.19. The first kappa shape index (κ1) is 10.9. The van der Waals surface area contributed by atoms with Gasteiger partial charge in [-0.1, -0.05) is 67.8 Å². The quantitative estimate of drug-likeness (QED) is 0.357. The van der Waals surface area contributed by atoms with Gasteiger partial charge in [0.2, 0.25) is 0 Å². The molecular formula is C13H15I3. The molecule has 6 aliphatic carbocycles. The number of hydrogen-bond donors (Lipinski definition) is 0. The van der Waals surface area contributed by atoms with Crippen LogP contribution in [-0.2, 0) is 0 Å². The molecule has 88 valence electrons. The maximum Gasteiger partial charge on any atom is 0.0206 e. The smallest absolute Gasteiger partial charge is 0.0206 e. The van der Waals surface area contributed by atoms with Gasteiger partial charge in [0.1, 0.15) is 0 Å². The predicted molar refractivity (Wildman–Crippen MR) is 90.6 cm³/mol. The predicted octanol–water partition coefficient (Wildman–Crippen LogP) is 4.18. The molecule has 6 saturated carbocycles. The third-order valence-corrected chi connectivity index (χ3v) is 11.2. The van der Waals surface area contributed by atoms with Crippen molar-refractivity contribution in [1.29, 1.82) is 0 Å².